The van der Waals surface area contributed by atoms with Gasteiger partial charge in [0.2, 0.25) is 11.8 Å². The molecule has 1 atom stereocenters. The molecule has 1 N–H and O–H groups in total. The van der Waals surface area contributed by atoms with Gasteiger partial charge in [-0.05, 0) is 62.1 Å². The highest BCUT2D eigenvalue weighted by Gasteiger charge is 2.46. The highest BCUT2D eigenvalue weighted by atomic mass is 32.2. The standard InChI is InChI=1S/C23H25N3O3S/c1-14-8-9-16(12-15(14)2)24-23-26(17-10-11-17)22(28)20(30-23)13-21(27)25-18-6-4-5-7-19(18)29-3/h4-9,12,17,20H,10-11,13H2,1-3H3,(H,25,27)/t20-/m0/s1. The Hall–Kier alpha value is -2.80. The molecule has 1 heterocycles. The summed E-state index contributed by atoms with van der Waals surface area (Å²) < 4.78 is 5.28. The van der Waals surface area contributed by atoms with Crippen molar-refractivity contribution in [3.8, 4) is 5.75 Å². The quantitative estimate of drug-likeness (QED) is 0.746. The maximum Gasteiger partial charge on any atom is 0.242 e. The number of methoxy groups -OCH3 is 1. The molecule has 0 unspecified atom stereocenters. The zero-order valence-corrected chi connectivity index (χ0v) is 18.2. The first-order chi connectivity index (χ1) is 14.5. The molecule has 6 nitrogen and oxygen atoms in total. The van der Waals surface area contributed by atoms with Crippen molar-refractivity contribution in [3.05, 3.63) is 53.6 Å². The Balaban J connectivity index is 1.50. The third kappa shape index (κ3) is 4.36. The van der Waals surface area contributed by atoms with Crippen molar-refractivity contribution in [2.75, 3.05) is 12.4 Å². The van der Waals surface area contributed by atoms with Gasteiger partial charge in [-0.25, -0.2) is 4.99 Å². The molecular formula is C23H25N3O3S. The van der Waals surface area contributed by atoms with E-state index in [9.17, 15) is 9.59 Å². The van der Waals surface area contributed by atoms with E-state index < -0.39 is 5.25 Å². The first-order valence-corrected chi connectivity index (χ1v) is 10.9. The lowest BCUT2D eigenvalue weighted by molar-refractivity contribution is -0.128. The van der Waals surface area contributed by atoms with Gasteiger partial charge in [0.15, 0.2) is 5.17 Å². The van der Waals surface area contributed by atoms with Crippen LogP contribution in [0.5, 0.6) is 5.75 Å². The lowest BCUT2D eigenvalue weighted by atomic mass is 10.1. The highest BCUT2D eigenvalue weighted by molar-refractivity contribution is 8.15. The minimum Gasteiger partial charge on any atom is -0.495 e. The minimum atomic E-state index is -0.467. The van der Waals surface area contributed by atoms with Crippen molar-refractivity contribution in [2.45, 2.75) is 44.4 Å². The van der Waals surface area contributed by atoms with Crippen molar-refractivity contribution >= 4 is 40.1 Å². The zero-order chi connectivity index (χ0) is 21.3. The number of hydrogen-bond acceptors (Lipinski definition) is 5. The third-order valence-electron chi connectivity index (χ3n) is 5.35. The Kier molecular flexibility index (Phi) is 5.81. The van der Waals surface area contributed by atoms with Gasteiger partial charge in [-0.1, -0.05) is 30.0 Å². The molecule has 1 aliphatic heterocycles. The van der Waals surface area contributed by atoms with Crippen LogP contribution in [0.2, 0.25) is 0 Å². The second kappa shape index (κ2) is 8.52. The number of rotatable bonds is 6. The van der Waals surface area contributed by atoms with Gasteiger partial charge in [-0.3, -0.25) is 14.5 Å². The zero-order valence-electron chi connectivity index (χ0n) is 17.3. The van der Waals surface area contributed by atoms with E-state index >= 15 is 0 Å². The number of benzene rings is 2. The molecule has 0 spiro atoms. The molecule has 156 valence electrons. The number of carbonyl (C=O) groups excluding carboxylic acids is 2. The molecule has 2 aromatic carbocycles. The van der Waals surface area contributed by atoms with Crippen molar-refractivity contribution in [2.24, 2.45) is 4.99 Å². The van der Waals surface area contributed by atoms with Crippen LogP contribution < -0.4 is 10.1 Å². The average Bonchev–Trinajstić information content (AvgIpc) is 3.51. The van der Waals surface area contributed by atoms with Gasteiger partial charge in [0.25, 0.3) is 0 Å². The summed E-state index contributed by atoms with van der Waals surface area (Å²) >= 11 is 1.38. The molecule has 1 saturated carbocycles. The van der Waals surface area contributed by atoms with Crippen LogP contribution in [0, 0.1) is 13.8 Å². The van der Waals surface area contributed by atoms with Crippen LogP contribution in [0.25, 0.3) is 0 Å². The molecule has 2 aromatic rings. The van der Waals surface area contributed by atoms with Crippen LogP contribution in [0.3, 0.4) is 0 Å². The van der Waals surface area contributed by atoms with E-state index in [4.69, 9.17) is 9.73 Å². The Morgan fingerprint density at radius 2 is 1.97 bits per heavy atom. The SMILES string of the molecule is COc1ccccc1NC(=O)C[C@@H]1SC(=Nc2ccc(C)c(C)c2)N(C2CC2)C1=O. The number of amidine groups is 1. The first kappa shape index (κ1) is 20.5. The molecular weight excluding hydrogens is 398 g/mol. The van der Waals surface area contributed by atoms with Crippen LogP contribution >= 0.6 is 11.8 Å². The summed E-state index contributed by atoms with van der Waals surface area (Å²) in [4.78, 5) is 32.2. The number of carbonyl (C=O) groups is 2. The lowest BCUT2D eigenvalue weighted by Gasteiger charge is -2.15. The summed E-state index contributed by atoms with van der Waals surface area (Å²) in [7, 11) is 1.56. The number of aliphatic imine (C=N–C) groups is 1. The predicted molar refractivity (Wildman–Crippen MR) is 120 cm³/mol. The lowest BCUT2D eigenvalue weighted by Crippen LogP contribution is -2.35. The number of ether oxygens (including phenoxy) is 1. The molecule has 30 heavy (non-hydrogen) atoms. The highest BCUT2D eigenvalue weighted by Crippen LogP contribution is 2.39. The summed E-state index contributed by atoms with van der Waals surface area (Å²) in [5, 5.41) is 3.09. The third-order valence-corrected chi connectivity index (χ3v) is 6.50. The molecule has 2 aliphatic rings. The normalized spacial score (nSPS) is 20.0. The number of thioether (sulfide) groups is 1. The number of hydrogen-bond donors (Lipinski definition) is 1. The smallest absolute Gasteiger partial charge is 0.242 e. The number of nitrogens with zero attached hydrogens (tertiary/aromatic N) is 2. The number of aryl methyl sites for hydroxylation is 2. The number of para-hydroxylation sites is 2. The van der Waals surface area contributed by atoms with Crippen molar-refractivity contribution in [1.29, 1.82) is 0 Å². The van der Waals surface area contributed by atoms with Crippen molar-refractivity contribution < 1.29 is 14.3 Å². The Labute approximate surface area is 180 Å². The summed E-state index contributed by atoms with van der Waals surface area (Å²) in [5.74, 6) is 0.349. The van der Waals surface area contributed by atoms with Gasteiger partial charge in [-0.15, -0.1) is 0 Å². The second-order valence-corrected chi connectivity index (χ2v) is 8.83. The predicted octanol–water partition coefficient (Wildman–Crippen LogP) is 4.43. The van der Waals surface area contributed by atoms with Crippen molar-refractivity contribution in [3.63, 3.8) is 0 Å². The molecule has 2 amide bonds. The van der Waals surface area contributed by atoms with E-state index in [1.54, 1.807) is 24.1 Å². The van der Waals surface area contributed by atoms with Gasteiger partial charge in [0.1, 0.15) is 11.0 Å². The van der Waals surface area contributed by atoms with E-state index in [0.717, 1.165) is 24.1 Å². The van der Waals surface area contributed by atoms with Gasteiger partial charge in [0.05, 0.1) is 18.5 Å². The molecule has 2 fully saturated rings. The van der Waals surface area contributed by atoms with E-state index in [0.29, 0.717) is 16.6 Å². The minimum absolute atomic E-state index is 0.0275. The van der Waals surface area contributed by atoms with Crippen LogP contribution in [0.1, 0.15) is 30.4 Å². The number of anilines is 1. The van der Waals surface area contributed by atoms with Crippen LogP contribution in [0.15, 0.2) is 47.5 Å². The summed E-state index contributed by atoms with van der Waals surface area (Å²) in [5.41, 5.74) is 3.80. The second-order valence-electron chi connectivity index (χ2n) is 7.66. The first-order valence-electron chi connectivity index (χ1n) is 10.0. The largest absolute Gasteiger partial charge is 0.495 e. The monoisotopic (exact) mass is 423 g/mol. The fourth-order valence-electron chi connectivity index (χ4n) is 3.38. The van der Waals surface area contributed by atoms with E-state index in [-0.39, 0.29) is 24.3 Å². The van der Waals surface area contributed by atoms with Crippen LogP contribution in [-0.4, -0.2) is 40.3 Å². The average molecular weight is 424 g/mol. The fourth-order valence-corrected chi connectivity index (χ4v) is 4.60. The maximum atomic E-state index is 13.0. The Morgan fingerprint density at radius 3 is 2.67 bits per heavy atom. The molecule has 1 saturated heterocycles. The number of nitrogens with one attached hydrogen (secondary N) is 1. The van der Waals surface area contributed by atoms with E-state index in [2.05, 4.69) is 19.2 Å². The Morgan fingerprint density at radius 1 is 1.20 bits per heavy atom. The van der Waals surface area contributed by atoms with Crippen LogP contribution in [0.4, 0.5) is 11.4 Å². The number of amides is 2. The van der Waals surface area contributed by atoms with E-state index in [1.807, 2.05) is 30.3 Å². The molecule has 4 rings (SSSR count). The molecule has 1 aliphatic carbocycles. The summed E-state index contributed by atoms with van der Waals surface area (Å²) in [6.07, 6.45) is 2.06. The Bertz CT molecular complexity index is 1020. The molecule has 0 aromatic heterocycles. The molecule has 0 radical (unpaired) electrons. The van der Waals surface area contributed by atoms with Gasteiger partial charge >= 0.3 is 0 Å². The molecule has 7 heteroatoms. The van der Waals surface area contributed by atoms with Crippen molar-refractivity contribution in [1.82, 2.24) is 4.90 Å². The topological polar surface area (TPSA) is 71.0 Å². The summed E-state index contributed by atoms with van der Waals surface area (Å²) in [6, 6.07) is 13.5. The van der Waals surface area contributed by atoms with E-state index in [1.165, 1.54) is 17.3 Å². The fraction of sp³-hybridized carbons (Fsp3) is 0.348. The van der Waals surface area contributed by atoms with Gasteiger partial charge in [0, 0.05) is 12.5 Å². The van der Waals surface area contributed by atoms with Gasteiger partial charge in [-0.2, -0.15) is 0 Å². The summed E-state index contributed by atoms with van der Waals surface area (Å²) in [6.45, 7) is 4.11. The van der Waals surface area contributed by atoms with Gasteiger partial charge < -0.3 is 10.1 Å². The molecule has 0 bridgehead atoms. The van der Waals surface area contributed by atoms with Crippen LogP contribution in [-0.2, 0) is 9.59 Å². The maximum absolute atomic E-state index is 13.0.